The maximum absolute atomic E-state index is 12.3. The number of halogens is 2. The van der Waals surface area contributed by atoms with Crippen molar-refractivity contribution < 1.29 is 18.3 Å². The normalized spacial score (nSPS) is 11.3. The van der Waals surface area contributed by atoms with E-state index in [1.54, 1.807) is 30.0 Å². The van der Waals surface area contributed by atoms with Gasteiger partial charge in [0.15, 0.2) is 0 Å². The summed E-state index contributed by atoms with van der Waals surface area (Å²) in [5.74, 6) is -0.122. The zero-order chi connectivity index (χ0) is 13.1. The molecule has 0 unspecified atom stereocenters. The third kappa shape index (κ3) is 2.51. The minimum atomic E-state index is -2.92. The van der Waals surface area contributed by atoms with Crippen molar-refractivity contribution in [1.82, 2.24) is 9.78 Å². The summed E-state index contributed by atoms with van der Waals surface area (Å²) in [5.41, 5.74) is 6.77. The number of methoxy groups -OCH3 is 1. The number of nitrogens with zero attached hydrogens (tertiary/aromatic N) is 2. The molecule has 2 rings (SSSR count). The first-order valence-corrected chi connectivity index (χ1v) is 5.31. The number of nitrogens with two attached hydrogens (primary N) is 1. The third-order valence-electron chi connectivity index (χ3n) is 2.45. The van der Waals surface area contributed by atoms with Gasteiger partial charge in [0.25, 0.3) is 0 Å². The molecule has 7 heteroatoms. The van der Waals surface area contributed by atoms with Crippen LogP contribution in [0.2, 0.25) is 0 Å². The van der Waals surface area contributed by atoms with Crippen molar-refractivity contribution in [3.63, 3.8) is 0 Å². The standard InChI is InChI=1S/C11H13F2N3O2/c1-17-5-4-16-9-3-2-7(14)6-8(9)10(15-16)18-11(12)13/h2-3,6,11H,4-5,14H2,1H3. The number of rotatable bonds is 5. The van der Waals surface area contributed by atoms with Crippen molar-refractivity contribution in [2.75, 3.05) is 19.5 Å². The van der Waals surface area contributed by atoms with Crippen molar-refractivity contribution in [1.29, 1.82) is 0 Å². The monoisotopic (exact) mass is 257 g/mol. The lowest BCUT2D eigenvalue weighted by Gasteiger charge is -2.01. The summed E-state index contributed by atoms with van der Waals surface area (Å²) in [6.07, 6.45) is 0. The number of benzene rings is 1. The van der Waals surface area contributed by atoms with Gasteiger partial charge in [-0.3, -0.25) is 4.68 Å². The molecule has 0 saturated heterocycles. The summed E-state index contributed by atoms with van der Waals surface area (Å²) in [5, 5.41) is 4.45. The van der Waals surface area contributed by atoms with Gasteiger partial charge in [-0.25, -0.2) is 0 Å². The van der Waals surface area contributed by atoms with Crippen LogP contribution < -0.4 is 10.5 Å². The van der Waals surface area contributed by atoms with Crippen LogP contribution in [0, 0.1) is 0 Å². The molecule has 1 aromatic heterocycles. The largest absolute Gasteiger partial charge is 0.415 e. The molecule has 5 nitrogen and oxygen atoms in total. The predicted molar refractivity (Wildman–Crippen MR) is 62.7 cm³/mol. The topological polar surface area (TPSA) is 62.3 Å². The van der Waals surface area contributed by atoms with Crippen molar-refractivity contribution >= 4 is 16.6 Å². The first kappa shape index (κ1) is 12.6. The van der Waals surface area contributed by atoms with Crippen molar-refractivity contribution in [3.8, 4) is 5.88 Å². The lowest BCUT2D eigenvalue weighted by atomic mass is 10.2. The lowest BCUT2D eigenvalue weighted by molar-refractivity contribution is -0.0522. The van der Waals surface area contributed by atoms with Gasteiger partial charge < -0.3 is 15.2 Å². The van der Waals surface area contributed by atoms with Crippen molar-refractivity contribution in [2.24, 2.45) is 0 Å². The van der Waals surface area contributed by atoms with Crippen LogP contribution in [0.5, 0.6) is 5.88 Å². The molecule has 1 heterocycles. The number of anilines is 1. The van der Waals surface area contributed by atoms with E-state index in [4.69, 9.17) is 10.5 Å². The molecule has 2 aromatic rings. The van der Waals surface area contributed by atoms with E-state index in [2.05, 4.69) is 9.84 Å². The smallest absolute Gasteiger partial charge is 0.388 e. The second-order valence-electron chi connectivity index (χ2n) is 3.68. The zero-order valence-corrected chi connectivity index (χ0v) is 9.77. The number of ether oxygens (including phenoxy) is 2. The summed E-state index contributed by atoms with van der Waals surface area (Å²) in [6, 6.07) is 4.95. The van der Waals surface area contributed by atoms with Gasteiger partial charge >= 0.3 is 6.61 Å². The number of aromatic nitrogens is 2. The summed E-state index contributed by atoms with van der Waals surface area (Å²) in [4.78, 5) is 0. The summed E-state index contributed by atoms with van der Waals surface area (Å²) < 4.78 is 35.4. The maximum Gasteiger partial charge on any atom is 0.388 e. The van der Waals surface area contributed by atoms with Crippen LogP contribution in [-0.4, -0.2) is 30.1 Å². The van der Waals surface area contributed by atoms with Gasteiger partial charge in [0.05, 0.1) is 24.1 Å². The fourth-order valence-corrected chi connectivity index (χ4v) is 1.69. The molecular formula is C11H13F2N3O2. The minimum Gasteiger partial charge on any atom is -0.415 e. The number of alkyl halides is 2. The fourth-order valence-electron chi connectivity index (χ4n) is 1.69. The van der Waals surface area contributed by atoms with E-state index < -0.39 is 6.61 Å². The Morgan fingerprint density at radius 2 is 2.22 bits per heavy atom. The molecule has 2 N–H and O–H groups in total. The van der Waals surface area contributed by atoms with E-state index in [-0.39, 0.29) is 5.88 Å². The quantitative estimate of drug-likeness (QED) is 0.830. The predicted octanol–water partition coefficient (Wildman–Crippen LogP) is 1.87. The lowest BCUT2D eigenvalue weighted by Crippen LogP contribution is -2.07. The second-order valence-corrected chi connectivity index (χ2v) is 3.68. The molecule has 0 radical (unpaired) electrons. The number of hydrogen-bond donors (Lipinski definition) is 1. The van der Waals surface area contributed by atoms with Crippen LogP contribution in [0.4, 0.5) is 14.5 Å². The van der Waals surface area contributed by atoms with Crippen LogP contribution in [0.1, 0.15) is 0 Å². The molecule has 98 valence electrons. The van der Waals surface area contributed by atoms with Crippen LogP contribution >= 0.6 is 0 Å². The molecule has 0 aliphatic rings. The Morgan fingerprint density at radius 3 is 2.89 bits per heavy atom. The average molecular weight is 257 g/mol. The maximum atomic E-state index is 12.3. The Hall–Kier alpha value is -1.89. The second kappa shape index (κ2) is 5.18. The van der Waals surface area contributed by atoms with E-state index in [1.807, 2.05) is 0 Å². The van der Waals surface area contributed by atoms with Crippen LogP contribution in [0.3, 0.4) is 0 Å². The number of fused-ring (bicyclic) bond motifs is 1. The minimum absolute atomic E-state index is 0.122. The Morgan fingerprint density at radius 1 is 1.44 bits per heavy atom. The molecule has 1 aromatic carbocycles. The van der Waals surface area contributed by atoms with Gasteiger partial charge in [0.2, 0.25) is 5.88 Å². The highest BCUT2D eigenvalue weighted by Crippen LogP contribution is 2.28. The van der Waals surface area contributed by atoms with Gasteiger partial charge in [-0.15, -0.1) is 5.10 Å². The van der Waals surface area contributed by atoms with Gasteiger partial charge in [0, 0.05) is 12.8 Å². The number of nitrogen functional groups attached to an aromatic ring is 1. The van der Waals surface area contributed by atoms with Crippen LogP contribution in [0.15, 0.2) is 18.2 Å². The Kier molecular flexibility index (Phi) is 3.61. The Balaban J connectivity index is 2.45. The van der Waals surface area contributed by atoms with Crippen LogP contribution in [0.25, 0.3) is 10.9 Å². The highest BCUT2D eigenvalue weighted by atomic mass is 19.3. The van der Waals surface area contributed by atoms with Crippen LogP contribution in [-0.2, 0) is 11.3 Å². The summed E-state index contributed by atoms with van der Waals surface area (Å²) in [6.45, 7) is -2.04. The zero-order valence-electron chi connectivity index (χ0n) is 9.77. The molecule has 0 saturated carbocycles. The van der Waals surface area contributed by atoms with Gasteiger partial charge in [-0.1, -0.05) is 0 Å². The molecule has 0 fully saturated rings. The molecule has 18 heavy (non-hydrogen) atoms. The highest BCUT2D eigenvalue weighted by Gasteiger charge is 2.15. The Labute approximate surface area is 102 Å². The molecule has 0 atom stereocenters. The molecule has 0 aliphatic heterocycles. The molecule has 0 spiro atoms. The number of hydrogen-bond acceptors (Lipinski definition) is 4. The van der Waals surface area contributed by atoms with Gasteiger partial charge in [0.1, 0.15) is 0 Å². The van der Waals surface area contributed by atoms with E-state index in [9.17, 15) is 8.78 Å². The third-order valence-corrected chi connectivity index (χ3v) is 2.45. The van der Waals surface area contributed by atoms with E-state index in [0.29, 0.717) is 29.7 Å². The van der Waals surface area contributed by atoms with E-state index in [1.165, 1.54) is 0 Å². The molecule has 0 amide bonds. The highest BCUT2D eigenvalue weighted by molar-refractivity contribution is 5.87. The van der Waals surface area contributed by atoms with E-state index >= 15 is 0 Å². The first-order valence-electron chi connectivity index (χ1n) is 5.31. The summed E-state index contributed by atoms with van der Waals surface area (Å²) >= 11 is 0. The first-order chi connectivity index (χ1) is 8.61. The summed E-state index contributed by atoms with van der Waals surface area (Å²) in [7, 11) is 1.56. The van der Waals surface area contributed by atoms with Gasteiger partial charge in [-0.2, -0.15) is 8.78 Å². The van der Waals surface area contributed by atoms with E-state index in [0.717, 1.165) is 0 Å². The van der Waals surface area contributed by atoms with Gasteiger partial charge in [-0.05, 0) is 18.2 Å². The SMILES string of the molecule is COCCn1nc(OC(F)F)c2cc(N)ccc21. The fraction of sp³-hybridized carbons (Fsp3) is 0.364. The average Bonchev–Trinajstić information content (AvgIpc) is 2.64. The molecule has 0 bridgehead atoms. The molecular weight excluding hydrogens is 244 g/mol. The van der Waals surface area contributed by atoms with Crippen molar-refractivity contribution in [3.05, 3.63) is 18.2 Å². The van der Waals surface area contributed by atoms with Crippen molar-refractivity contribution in [2.45, 2.75) is 13.2 Å². The molecule has 0 aliphatic carbocycles. The Bertz CT molecular complexity index is 542.